The largest absolute Gasteiger partial charge is 0.419 e. The fourth-order valence-electron chi connectivity index (χ4n) is 2.90. The molecule has 7 heteroatoms. The van der Waals surface area contributed by atoms with E-state index in [2.05, 4.69) is 40.2 Å². The van der Waals surface area contributed by atoms with Crippen LogP contribution in [0, 0.1) is 6.92 Å². The first-order chi connectivity index (χ1) is 11.6. The number of rotatable bonds is 4. The van der Waals surface area contributed by atoms with Crippen molar-refractivity contribution in [3.05, 3.63) is 53.1 Å². The van der Waals surface area contributed by atoms with Crippen LogP contribution in [0.15, 0.2) is 41.1 Å². The van der Waals surface area contributed by atoms with E-state index in [9.17, 15) is 0 Å². The first-order valence-electron chi connectivity index (χ1n) is 7.94. The molecule has 3 heterocycles. The van der Waals surface area contributed by atoms with Crippen LogP contribution >= 0.6 is 11.6 Å². The Kier molecular flexibility index (Phi) is 3.86. The van der Waals surface area contributed by atoms with Crippen LogP contribution in [-0.2, 0) is 0 Å². The van der Waals surface area contributed by atoms with Crippen LogP contribution in [0.25, 0.3) is 11.5 Å². The van der Waals surface area contributed by atoms with E-state index in [1.165, 1.54) is 5.56 Å². The first kappa shape index (κ1) is 15.4. The van der Waals surface area contributed by atoms with Crippen LogP contribution in [-0.4, -0.2) is 38.0 Å². The van der Waals surface area contributed by atoms with E-state index in [0.29, 0.717) is 22.8 Å². The van der Waals surface area contributed by atoms with Gasteiger partial charge < -0.3 is 4.42 Å². The van der Waals surface area contributed by atoms with Crippen LogP contribution in [0.1, 0.15) is 30.5 Å². The number of hydrogen-bond acceptors (Lipinski definition) is 5. The van der Waals surface area contributed by atoms with Gasteiger partial charge >= 0.3 is 0 Å². The monoisotopic (exact) mass is 343 g/mol. The van der Waals surface area contributed by atoms with Gasteiger partial charge in [0.15, 0.2) is 0 Å². The lowest BCUT2D eigenvalue weighted by atomic mass is 10.1. The summed E-state index contributed by atoms with van der Waals surface area (Å²) in [5, 5.41) is 13.4. The van der Waals surface area contributed by atoms with Crippen molar-refractivity contribution >= 4 is 11.6 Å². The van der Waals surface area contributed by atoms with Gasteiger partial charge in [0.2, 0.25) is 11.8 Å². The van der Waals surface area contributed by atoms with Gasteiger partial charge in [-0.15, -0.1) is 10.2 Å². The minimum atomic E-state index is 0.0818. The average molecular weight is 344 g/mol. The summed E-state index contributed by atoms with van der Waals surface area (Å²) in [7, 11) is 0. The van der Waals surface area contributed by atoms with Crippen molar-refractivity contribution in [1.29, 1.82) is 0 Å². The second-order valence-electron chi connectivity index (χ2n) is 6.24. The van der Waals surface area contributed by atoms with E-state index in [0.717, 1.165) is 18.7 Å². The number of aryl methyl sites for hydroxylation is 1. The van der Waals surface area contributed by atoms with E-state index >= 15 is 0 Å². The van der Waals surface area contributed by atoms with Gasteiger partial charge in [-0.1, -0.05) is 17.7 Å². The van der Waals surface area contributed by atoms with Gasteiger partial charge in [0, 0.05) is 29.9 Å². The summed E-state index contributed by atoms with van der Waals surface area (Å²) < 4.78 is 7.87. The molecule has 1 aliphatic rings. The molecule has 1 fully saturated rings. The van der Waals surface area contributed by atoms with Gasteiger partial charge in [-0.3, -0.25) is 9.58 Å². The lowest BCUT2D eigenvalue weighted by molar-refractivity contribution is 0.0484. The maximum absolute atomic E-state index is 6.02. The third-order valence-corrected chi connectivity index (χ3v) is 4.65. The number of likely N-dealkylation sites (tertiary alicyclic amines) is 1. The summed E-state index contributed by atoms with van der Waals surface area (Å²) in [6, 6.07) is 7.92. The smallest absolute Gasteiger partial charge is 0.247 e. The molecule has 0 bridgehead atoms. The van der Waals surface area contributed by atoms with Crippen LogP contribution in [0.4, 0.5) is 0 Å². The lowest BCUT2D eigenvalue weighted by Crippen LogP contribution is -2.48. The highest BCUT2D eigenvalue weighted by Crippen LogP contribution is 2.31. The van der Waals surface area contributed by atoms with Crippen LogP contribution in [0.2, 0.25) is 5.02 Å². The van der Waals surface area contributed by atoms with Crippen molar-refractivity contribution in [2.75, 3.05) is 13.1 Å². The maximum atomic E-state index is 6.02. The molecule has 0 saturated carbocycles. The zero-order chi connectivity index (χ0) is 16.7. The van der Waals surface area contributed by atoms with Gasteiger partial charge in [-0.05, 0) is 37.6 Å². The SMILES string of the molecule is Cc1cnn(C2CN([C@@H](C)c3nnc(-c4cccc(Cl)c4)o3)C2)c1. The molecule has 124 valence electrons. The van der Waals surface area contributed by atoms with E-state index in [1.54, 1.807) is 0 Å². The maximum Gasteiger partial charge on any atom is 0.247 e. The molecule has 0 spiro atoms. The third kappa shape index (κ3) is 2.83. The Morgan fingerprint density at radius 3 is 2.83 bits per heavy atom. The zero-order valence-electron chi connectivity index (χ0n) is 13.6. The molecular weight excluding hydrogens is 326 g/mol. The molecule has 0 aliphatic carbocycles. The second kappa shape index (κ2) is 6.03. The number of hydrogen-bond donors (Lipinski definition) is 0. The van der Waals surface area contributed by atoms with Crippen molar-refractivity contribution in [3.8, 4) is 11.5 Å². The van der Waals surface area contributed by atoms with Crippen molar-refractivity contribution < 1.29 is 4.42 Å². The van der Waals surface area contributed by atoms with E-state index < -0.39 is 0 Å². The molecule has 2 aromatic heterocycles. The van der Waals surface area contributed by atoms with Gasteiger partial charge in [0.25, 0.3) is 0 Å². The normalized spacial score (nSPS) is 17.0. The Hall–Kier alpha value is -2.18. The third-order valence-electron chi connectivity index (χ3n) is 4.41. The van der Waals surface area contributed by atoms with Gasteiger partial charge in [-0.25, -0.2) is 0 Å². The summed E-state index contributed by atoms with van der Waals surface area (Å²) in [5.41, 5.74) is 2.02. The fraction of sp³-hybridized carbons (Fsp3) is 0.353. The quantitative estimate of drug-likeness (QED) is 0.725. The van der Waals surface area contributed by atoms with E-state index in [4.69, 9.17) is 16.0 Å². The Morgan fingerprint density at radius 2 is 2.12 bits per heavy atom. The van der Waals surface area contributed by atoms with Crippen LogP contribution in [0.3, 0.4) is 0 Å². The summed E-state index contributed by atoms with van der Waals surface area (Å²) in [4.78, 5) is 2.30. The summed E-state index contributed by atoms with van der Waals surface area (Å²) in [5.74, 6) is 1.12. The summed E-state index contributed by atoms with van der Waals surface area (Å²) >= 11 is 6.02. The molecule has 0 N–H and O–H groups in total. The van der Waals surface area contributed by atoms with Crippen molar-refractivity contribution in [1.82, 2.24) is 24.9 Å². The number of benzene rings is 1. The minimum Gasteiger partial charge on any atom is -0.419 e. The number of halogens is 1. The van der Waals surface area contributed by atoms with Gasteiger partial charge in [0.05, 0.1) is 18.3 Å². The average Bonchev–Trinajstić information content (AvgIpc) is 3.15. The van der Waals surface area contributed by atoms with Gasteiger partial charge in [0.1, 0.15) is 0 Å². The highest BCUT2D eigenvalue weighted by atomic mass is 35.5. The standard InChI is InChI=1S/C17H18ClN5O/c1-11-7-19-23(8-11)15-9-22(10-15)12(2)16-20-21-17(24-16)13-4-3-5-14(18)6-13/h3-8,12,15H,9-10H2,1-2H3/t12-/m0/s1. The molecular formula is C17H18ClN5O. The number of aromatic nitrogens is 4. The highest BCUT2D eigenvalue weighted by molar-refractivity contribution is 6.30. The van der Waals surface area contributed by atoms with E-state index in [1.807, 2.05) is 35.1 Å². The summed E-state index contributed by atoms with van der Waals surface area (Å²) in [6.45, 7) is 5.99. The summed E-state index contributed by atoms with van der Waals surface area (Å²) in [6.07, 6.45) is 3.97. The molecule has 0 unspecified atom stereocenters. The molecule has 1 atom stereocenters. The molecule has 3 aromatic rings. The Balaban J connectivity index is 1.44. The lowest BCUT2D eigenvalue weighted by Gasteiger charge is -2.41. The fourth-order valence-corrected chi connectivity index (χ4v) is 3.09. The zero-order valence-corrected chi connectivity index (χ0v) is 14.3. The van der Waals surface area contributed by atoms with Crippen LogP contribution in [0.5, 0.6) is 0 Å². The molecule has 1 saturated heterocycles. The second-order valence-corrected chi connectivity index (χ2v) is 6.67. The van der Waals surface area contributed by atoms with E-state index in [-0.39, 0.29) is 6.04 Å². The first-order valence-corrected chi connectivity index (χ1v) is 8.32. The highest BCUT2D eigenvalue weighted by Gasteiger charge is 2.34. The minimum absolute atomic E-state index is 0.0818. The topological polar surface area (TPSA) is 60.0 Å². The molecule has 0 amide bonds. The Bertz CT molecular complexity index is 852. The van der Waals surface area contributed by atoms with Crippen molar-refractivity contribution in [2.24, 2.45) is 0 Å². The molecule has 6 nitrogen and oxygen atoms in total. The molecule has 1 aromatic carbocycles. The predicted molar refractivity (Wildman–Crippen MR) is 90.7 cm³/mol. The van der Waals surface area contributed by atoms with Gasteiger partial charge in [-0.2, -0.15) is 5.10 Å². The van der Waals surface area contributed by atoms with Crippen LogP contribution < -0.4 is 0 Å². The predicted octanol–water partition coefficient (Wildman–Crippen LogP) is 3.51. The molecule has 1 aliphatic heterocycles. The number of nitrogens with zero attached hydrogens (tertiary/aromatic N) is 5. The Labute approximate surface area is 145 Å². The Morgan fingerprint density at radius 1 is 1.29 bits per heavy atom. The molecule has 0 radical (unpaired) electrons. The van der Waals surface area contributed by atoms with Crippen molar-refractivity contribution in [3.63, 3.8) is 0 Å². The molecule has 4 rings (SSSR count). The molecule has 24 heavy (non-hydrogen) atoms. The van der Waals surface area contributed by atoms with Crippen molar-refractivity contribution in [2.45, 2.75) is 25.9 Å².